The first kappa shape index (κ1) is 12.7. The average molecular weight is 241 g/mol. The lowest BCUT2D eigenvalue weighted by atomic mass is 10.1. The van der Waals surface area contributed by atoms with E-state index < -0.39 is 0 Å². The summed E-state index contributed by atoms with van der Waals surface area (Å²) in [6, 6.07) is 16.2. The fraction of sp³-hybridized carbons (Fsp3) is 0.250. The summed E-state index contributed by atoms with van der Waals surface area (Å²) in [5.41, 5.74) is 8.14. The summed E-state index contributed by atoms with van der Waals surface area (Å²) in [7, 11) is 0. The molecule has 18 heavy (non-hydrogen) atoms. The van der Waals surface area contributed by atoms with Gasteiger partial charge in [0.1, 0.15) is 11.5 Å². The molecule has 0 saturated carbocycles. The van der Waals surface area contributed by atoms with Crippen molar-refractivity contribution >= 4 is 0 Å². The third-order valence-electron chi connectivity index (χ3n) is 2.83. The van der Waals surface area contributed by atoms with Crippen molar-refractivity contribution in [3.05, 3.63) is 59.7 Å². The van der Waals surface area contributed by atoms with Crippen LogP contribution < -0.4 is 10.5 Å². The van der Waals surface area contributed by atoms with Gasteiger partial charge in [0, 0.05) is 6.04 Å². The predicted octanol–water partition coefficient (Wildman–Crippen LogP) is 3.68. The Morgan fingerprint density at radius 1 is 1.00 bits per heavy atom. The summed E-state index contributed by atoms with van der Waals surface area (Å²) in [4.78, 5) is 0. The molecule has 0 saturated heterocycles. The number of para-hydroxylation sites is 2. The van der Waals surface area contributed by atoms with Gasteiger partial charge in [-0.25, -0.2) is 0 Å². The lowest BCUT2D eigenvalue weighted by molar-refractivity contribution is 0.470. The minimum absolute atomic E-state index is 0.131. The van der Waals surface area contributed by atoms with Gasteiger partial charge in [-0.1, -0.05) is 36.4 Å². The van der Waals surface area contributed by atoms with Crippen molar-refractivity contribution in [3.8, 4) is 11.5 Å². The summed E-state index contributed by atoms with van der Waals surface area (Å²) in [5.74, 6) is 1.79. The molecule has 0 heterocycles. The highest BCUT2D eigenvalue weighted by molar-refractivity contribution is 5.41. The van der Waals surface area contributed by atoms with Crippen molar-refractivity contribution in [2.45, 2.75) is 26.3 Å². The Kier molecular flexibility index (Phi) is 4.00. The maximum absolute atomic E-state index is 5.99. The normalized spacial score (nSPS) is 12.2. The van der Waals surface area contributed by atoms with Crippen molar-refractivity contribution in [3.63, 3.8) is 0 Å². The topological polar surface area (TPSA) is 35.2 Å². The summed E-state index contributed by atoms with van der Waals surface area (Å²) in [6.45, 7) is 4.05. The first-order chi connectivity index (χ1) is 8.66. The summed E-state index contributed by atoms with van der Waals surface area (Å²) < 4.78 is 5.99. The standard InChI is InChI=1S/C16H19NO/c1-12-7-3-5-9-15(12)18-16-10-6-4-8-14(16)11-13(2)17/h3-10,13H,11,17H2,1-2H3. The van der Waals surface area contributed by atoms with Crippen LogP contribution in [0.5, 0.6) is 11.5 Å². The molecule has 0 spiro atoms. The zero-order chi connectivity index (χ0) is 13.0. The molecule has 1 atom stereocenters. The van der Waals surface area contributed by atoms with Crippen LogP contribution in [0, 0.1) is 6.92 Å². The third kappa shape index (κ3) is 3.11. The van der Waals surface area contributed by atoms with Crippen molar-refractivity contribution in [2.24, 2.45) is 5.73 Å². The van der Waals surface area contributed by atoms with E-state index in [2.05, 4.69) is 6.07 Å². The van der Waals surface area contributed by atoms with E-state index in [0.717, 1.165) is 29.0 Å². The second-order valence-corrected chi connectivity index (χ2v) is 4.66. The largest absolute Gasteiger partial charge is 0.457 e. The molecule has 94 valence electrons. The smallest absolute Gasteiger partial charge is 0.130 e. The van der Waals surface area contributed by atoms with E-state index in [-0.39, 0.29) is 6.04 Å². The van der Waals surface area contributed by atoms with Crippen LogP contribution in [0.2, 0.25) is 0 Å². The van der Waals surface area contributed by atoms with Crippen molar-refractivity contribution in [1.29, 1.82) is 0 Å². The van der Waals surface area contributed by atoms with Gasteiger partial charge in [0.25, 0.3) is 0 Å². The molecule has 2 aromatic rings. The first-order valence-electron chi connectivity index (χ1n) is 6.24. The van der Waals surface area contributed by atoms with Gasteiger partial charge >= 0.3 is 0 Å². The van der Waals surface area contributed by atoms with E-state index in [1.807, 2.05) is 56.3 Å². The molecule has 2 rings (SSSR count). The van der Waals surface area contributed by atoms with Crippen LogP contribution in [0.4, 0.5) is 0 Å². The quantitative estimate of drug-likeness (QED) is 0.886. The number of ether oxygens (including phenoxy) is 1. The van der Waals surface area contributed by atoms with Crippen LogP contribution in [0.25, 0.3) is 0 Å². The van der Waals surface area contributed by atoms with E-state index in [1.54, 1.807) is 0 Å². The fourth-order valence-electron chi connectivity index (χ4n) is 1.91. The third-order valence-corrected chi connectivity index (χ3v) is 2.83. The van der Waals surface area contributed by atoms with Gasteiger partial charge in [0.05, 0.1) is 0 Å². The van der Waals surface area contributed by atoms with Crippen molar-refractivity contribution in [1.82, 2.24) is 0 Å². The van der Waals surface area contributed by atoms with E-state index in [9.17, 15) is 0 Å². The molecule has 2 nitrogen and oxygen atoms in total. The fourth-order valence-corrected chi connectivity index (χ4v) is 1.91. The summed E-state index contributed by atoms with van der Waals surface area (Å²) in [6.07, 6.45) is 0.821. The molecule has 0 aromatic heterocycles. The highest BCUT2D eigenvalue weighted by atomic mass is 16.5. The van der Waals surface area contributed by atoms with E-state index in [0.29, 0.717) is 0 Å². The Bertz CT molecular complexity index is 520. The van der Waals surface area contributed by atoms with E-state index in [1.165, 1.54) is 0 Å². The molecule has 0 fully saturated rings. The van der Waals surface area contributed by atoms with E-state index in [4.69, 9.17) is 10.5 Å². The van der Waals surface area contributed by atoms with Crippen molar-refractivity contribution < 1.29 is 4.74 Å². The van der Waals surface area contributed by atoms with Gasteiger partial charge < -0.3 is 10.5 Å². The lowest BCUT2D eigenvalue weighted by Gasteiger charge is -2.14. The van der Waals surface area contributed by atoms with Crippen LogP contribution >= 0.6 is 0 Å². The number of nitrogens with two attached hydrogens (primary N) is 1. The Balaban J connectivity index is 2.26. The molecule has 0 radical (unpaired) electrons. The number of hydrogen-bond donors (Lipinski definition) is 1. The second-order valence-electron chi connectivity index (χ2n) is 4.66. The average Bonchev–Trinajstić information content (AvgIpc) is 2.34. The predicted molar refractivity (Wildman–Crippen MR) is 75.0 cm³/mol. The van der Waals surface area contributed by atoms with Crippen LogP contribution in [0.3, 0.4) is 0 Å². The number of aryl methyl sites for hydroxylation is 1. The molecule has 2 aromatic carbocycles. The number of hydrogen-bond acceptors (Lipinski definition) is 2. The lowest BCUT2D eigenvalue weighted by Crippen LogP contribution is -2.18. The zero-order valence-electron chi connectivity index (χ0n) is 10.9. The molecule has 1 unspecified atom stereocenters. The van der Waals surface area contributed by atoms with Crippen LogP contribution in [0.1, 0.15) is 18.1 Å². The molecular weight excluding hydrogens is 222 g/mol. The summed E-state index contributed by atoms with van der Waals surface area (Å²) >= 11 is 0. The van der Waals surface area contributed by atoms with E-state index >= 15 is 0 Å². The van der Waals surface area contributed by atoms with Gasteiger partial charge in [0.2, 0.25) is 0 Å². The zero-order valence-corrected chi connectivity index (χ0v) is 10.9. The van der Waals surface area contributed by atoms with Gasteiger partial charge in [-0.3, -0.25) is 0 Å². The number of rotatable bonds is 4. The highest BCUT2D eigenvalue weighted by Gasteiger charge is 2.07. The maximum atomic E-state index is 5.99. The monoisotopic (exact) mass is 241 g/mol. The molecule has 0 aliphatic rings. The molecule has 0 amide bonds. The minimum atomic E-state index is 0.131. The van der Waals surface area contributed by atoms with Crippen LogP contribution in [0.15, 0.2) is 48.5 Å². The Morgan fingerprint density at radius 3 is 2.28 bits per heavy atom. The van der Waals surface area contributed by atoms with Gasteiger partial charge in [-0.05, 0) is 43.5 Å². The minimum Gasteiger partial charge on any atom is -0.457 e. The molecule has 0 bridgehead atoms. The SMILES string of the molecule is Cc1ccccc1Oc1ccccc1CC(C)N. The molecule has 0 aliphatic carbocycles. The maximum Gasteiger partial charge on any atom is 0.130 e. The Morgan fingerprint density at radius 2 is 1.61 bits per heavy atom. The number of benzene rings is 2. The first-order valence-corrected chi connectivity index (χ1v) is 6.24. The van der Waals surface area contributed by atoms with Gasteiger partial charge in [-0.15, -0.1) is 0 Å². The molecular formula is C16H19NO. The Hall–Kier alpha value is -1.80. The van der Waals surface area contributed by atoms with Gasteiger partial charge in [-0.2, -0.15) is 0 Å². The summed E-state index contributed by atoms with van der Waals surface area (Å²) in [5, 5.41) is 0. The molecule has 0 aliphatic heterocycles. The van der Waals surface area contributed by atoms with Crippen molar-refractivity contribution in [2.75, 3.05) is 0 Å². The molecule has 2 heteroatoms. The van der Waals surface area contributed by atoms with Crippen LogP contribution in [-0.4, -0.2) is 6.04 Å². The molecule has 2 N–H and O–H groups in total. The highest BCUT2D eigenvalue weighted by Crippen LogP contribution is 2.28. The van der Waals surface area contributed by atoms with Crippen LogP contribution in [-0.2, 0) is 6.42 Å². The van der Waals surface area contributed by atoms with Gasteiger partial charge in [0.15, 0.2) is 0 Å². The second kappa shape index (κ2) is 5.69. The Labute approximate surface area is 108 Å².